The highest BCUT2D eigenvalue weighted by Crippen LogP contribution is 2.17. The van der Waals surface area contributed by atoms with E-state index in [9.17, 15) is 0 Å². The number of thioether (sulfide) groups is 1. The summed E-state index contributed by atoms with van der Waals surface area (Å²) in [5.74, 6) is 1.76. The van der Waals surface area contributed by atoms with E-state index in [1.165, 1.54) is 0 Å². The van der Waals surface area contributed by atoms with Crippen LogP contribution in [0.1, 0.15) is 20.8 Å². The molecule has 0 aliphatic heterocycles. The Morgan fingerprint density at radius 1 is 1.25 bits per heavy atom. The Balaban J connectivity index is 3.08. The van der Waals surface area contributed by atoms with Crippen LogP contribution in [0.5, 0.6) is 0 Å². The van der Waals surface area contributed by atoms with Crippen LogP contribution in [0, 0.1) is 5.92 Å². The molecule has 0 saturated carbocycles. The molecule has 1 N–H and O–H groups in total. The lowest BCUT2D eigenvalue weighted by Gasteiger charge is -2.14. The second kappa shape index (κ2) is 7.90. The average molecular weight is 192 g/mol. The van der Waals surface area contributed by atoms with Gasteiger partial charge in [-0.2, -0.15) is 11.8 Å². The monoisotopic (exact) mass is 192 g/mol. The molecular weight excluding hydrogens is 172 g/mol. The minimum absolute atomic E-state index is 0.129. The maximum atomic E-state index is 8.43. The summed E-state index contributed by atoms with van der Waals surface area (Å²) in [7, 11) is 0. The van der Waals surface area contributed by atoms with Gasteiger partial charge >= 0.3 is 0 Å². The Bertz CT molecular complexity index is 96.5. The van der Waals surface area contributed by atoms with E-state index >= 15 is 0 Å². The largest absolute Gasteiger partial charge is 0.394 e. The Labute approximate surface area is 79.7 Å². The van der Waals surface area contributed by atoms with Gasteiger partial charge in [-0.3, -0.25) is 0 Å². The highest BCUT2D eigenvalue weighted by atomic mass is 32.2. The lowest BCUT2D eigenvalue weighted by Crippen LogP contribution is -2.09. The van der Waals surface area contributed by atoms with E-state index < -0.39 is 0 Å². The molecule has 0 aromatic rings. The molecule has 0 aromatic heterocycles. The van der Waals surface area contributed by atoms with E-state index in [2.05, 4.69) is 20.8 Å². The number of ether oxygens (including phenoxy) is 1. The van der Waals surface area contributed by atoms with Crippen molar-refractivity contribution in [2.75, 3.05) is 25.6 Å². The van der Waals surface area contributed by atoms with Crippen LogP contribution in [0.3, 0.4) is 0 Å². The molecule has 2 nitrogen and oxygen atoms in total. The van der Waals surface area contributed by atoms with Gasteiger partial charge in [-0.05, 0) is 5.92 Å². The van der Waals surface area contributed by atoms with Gasteiger partial charge in [0.15, 0.2) is 0 Å². The van der Waals surface area contributed by atoms with Gasteiger partial charge in [0.2, 0.25) is 0 Å². The molecule has 0 aromatic carbocycles. The summed E-state index contributed by atoms with van der Waals surface area (Å²) in [5.41, 5.74) is 0. The van der Waals surface area contributed by atoms with Crippen molar-refractivity contribution in [2.24, 2.45) is 5.92 Å². The zero-order valence-corrected chi connectivity index (χ0v) is 9.06. The fourth-order valence-electron chi connectivity index (χ4n) is 0.652. The van der Waals surface area contributed by atoms with Crippen molar-refractivity contribution >= 4 is 11.8 Å². The first-order valence-corrected chi connectivity index (χ1v) is 5.53. The Kier molecular flexibility index (Phi) is 8.07. The van der Waals surface area contributed by atoms with Crippen LogP contribution in [0.4, 0.5) is 0 Å². The van der Waals surface area contributed by atoms with Gasteiger partial charge in [0.25, 0.3) is 0 Å². The van der Waals surface area contributed by atoms with Gasteiger partial charge in [0, 0.05) is 11.0 Å². The molecule has 0 bridgehead atoms. The lowest BCUT2D eigenvalue weighted by molar-refractivity contribution is 0.103. The molecule has 0 fully saturated rings. The molecule has 74 valence electrons. The van der Waals surface area contributed by atoms with Crippen LogP contribution >= 0.6 is 11.8 Å². The Morgan fingerprint density at radius 3 is 2.42 bits per heavy atom. The number of hydrogen-bond acceptors (Lipinski definition) is 3. The van der Waals surface area contributed by atoms with Crippen molar-refractivity contribution in [3.8, 4) is 0 Å². The second-order valence-corrected chi connectivity index (χ2v) is 4.64. The van der Waals surface area contributed by atoms with E-state index in [0.29, 0.717) is 11.9 Å². The molecule has 0 aliphatic rings. The zero-order chi connectivity index (χ0) is 9.40. The molecule has 0 heterocycles. The van der Waals surface area contributed by atoms with Crippen LogP contribution in [-0.2, 0) is 4.74 Å². The van der Waals surface area contributed by atoms with Crippen LogP contribution in [0.15, 0.2) is 0 Å². The van der Waals surface area contributed by atoms with Crippen LogP contribution in [0.2, 0.25) is 0 Å². The third kappa shape index (κ3) is 6.95. The van der Waals surface area contributed by atoms with Gasteiger partial charge in [0.05, 0.1) is 19.8 Å². The number of aliphatic hydroxyl groups excluding tert-OH is 1. The molecule has 0 radical (unpaired) electrons. The molecule has 0 aliphatic carbocycles. The summed E-state index contributed by atoms with van der Waals surface area (Å²) in [6.45, 7) is 8.04. The minimum Gasteiger partial charge on any atom is -0.394 e. The summed E-state index contributed by atoms with van der Waals surface area (Å²) in [4.78, 5) is 0. The first kappa shape index (κ1) is 12.3. The van der Waals surface area contributed by atoms with E-state index in [1.54, 1.807) is 0 Å². The maximum Gasteiger partial charge on any atom is 0.0698 e. The number of hydrogen-bond donors (Lipinski definition) is 1. The van der Waals surface area contributed by atoms with Crippen molar-refractivity contribution in [1.29, 1.82) is 0 Å². The summed E-state index contributed by atoms with van der Waals surface area (Å²) in [6.07, 6.45) is 0. The molecule has 0 rings (SSSR count). The number of aliphatic hydroxyl groups is 1. The average Bonchev–Trinajstić information content (AvgIpc) is 2.03. The highest BCUT2D eigenvalue weighted by Gasteiger charge is 2.06. The van der Waals surface area contributed by atoms with Crippen LogP contribution < -0.4 is 0 Å². The number of rotatable bonds is 7. The first-order chi connectivity index (χ1) is 5.68. The van der Waals surface area contributed by atoms with Crippen molar-refractivity contribution < 1.29 is 9.84 Å². The van der Waals surface area contributed by atoms with Gasteiger partial charge in [-0.15, -0.1) is 0 Å². The molecule has 0 saturated heterocycles. The fourth-order valence-corrected chi connectivity index (χ4v) is 1.62. The molecule has 0 amide bonds. The van der Waals surface area contributed by atoms with Gasteiger partial charge in [0.1, 0.15) is 0 Å². The topological polar surface area (TPSA) is 29.5 Å². The standard InChI is InChI=1S/C9H20O2S/c1-8(2)9(3)12-7-6-11-5-4-10/h8-10H,4-7H2,1-3H3. The summed E-state index contributed by atoms with van der Waals surface area (Å²) in [5, 5.41) is 9.13. The van der Waals surface area contributed by atoms with Gasteiger partial charge in [-0.1, -0.05) is 20.8 Å². The predicted octanol–water partition coefficient (Wildman–Crippen LogP) is 1.77. The van der Waals surface area contributed by atoms with Gasteiger partial charge < -0.3 is 9.84 Å². The predicted molar refractivity (Wildman–Crippen MR) is 54.7 cm³/mol. The highest BCUT2D eigenvalue weighted by molar-refractivity contribution is 7.99. The second-order valence-electron chi connectivity index (χ2n) is 3.16. The molecule has 3 heteroatoms. The zero-order valence-electron chi connectivity index (χ0n) is 8.25. The van der Waals surface area contributed by atoms with E-state index in [4.69, 9.17) is 9.84 Å². The van der Waals surface area contributed by atoms with E-state index in [0.717, 1.165) is 18.3 Å². The maximum absolute atomic E-state index is 8.43. The molecule has 0 spiro atoms. The van der Waals surface area contributed by atoms with Crippen molar-refractivity contribution in [3.63, 3.8) is 0 Å². The van der Waals surface area contributed by atoms with Crippen LogP contribution in [-0.4, -0.2) is 35.9 Å². The lowest BCUT2D eigenvalue weighted by atomic mass is 10.2. The Hall–Kier alpha value is 0.270. The molecule has 1 atom stereocenters. The SMILES string of the molecule is CC(C)C(C)SCCOCCO. The van der Waals surface area contributed by atoms with E-state index in [-0.39, 0.29) is 6.61 Å². The quantitative estimate of drug-likeness (QED) is 0.623. The van der Waals surface area contributed by atoms with Gasteiger partial charge in [-0.25, -0.2) is 0 Å². The summed E-state index contributed by atoms with van der Waals surface area (Å²) < 4.78 is 5.14. The third-order valence-electron chi connectivity index (χ3n) is 1.78. The summed E-state index contributed by atoms with van der Waals surface area (Å²) >= 11 is 1.93. The molecule has 12 heavy (non-hydrogen) atoms. The Morgan fingerprint density at radius 2 is 1.92 bits per heavy atom. The van der Waals surface area contributed by atoms with Crippen molar-refractivity contribution in [3.05, 3.63) is 0 Å². The van der Waals surface area contributed by atoms with Crippen LogP contribution in [0.25, 0.3) is 0 Å². The smallest absolute Gasteiger partial charge is 0.0698 e. The van der Waals surface area contributed by atoms with Crippen molar-refractivity contribution in [2.45, 2.75) is 26.0 Å². The molecule has 1 unspecified atom stereocenters. The third-order valence-corrected chi connectivity index (χ3v) is 3.26. The van der Waals surface area contributed by atoms with Crippen molar-refractivity contribution in [1.82, 2.24) is 0 Å². The first-order valence-electron chi connectivity index (χ1n) is 4.48. The normalized spacial score (nSPS) is 13.8. The minimum atomic E-state index is 0.129. The molecular formula is C9H20O2S. The van der Waals surface area contributed by atoms with E-state index in [1.807, 2.05) is 11.8 Å². The summed E-state index contributed by atoms with van der Waals surface area (Å²) in [6, 6.07) is 0. The fraction of sp³-hybridized carbons (Fsp3) is 1.00.